The van der Waals surface area contributed by atoms with Gasteiger partial charge in [-0.2, -0.15) is 5.26 Å². The van der Waals surface area contributed by atoms with Gasteiger partial charge in [0.15, 0.2) is 0 Å². The van der Waals surface area contributed by atoms with Crippen molar-refractivity contribution in [3.05, 3.63) is 94.1 Å². The highest BCUT2D eigenvalue weighted by atomic mass is 32.2. The number of imide groups is 1. The lowest BCUT2D eigenvalue weighted by atomic mass is 9.89. The maximum Gasteiger partial charge on any atom is 0.299 e. The molecule has 0 spiro atoms. The van der Waals surface area contributed by atoms with E-state index in [4.69, 9.17) is 4.99 Å². The van der Waals surface area contributed by atoms with Crippen molar-refractivity contribution in [2.24, 2.45) is 0 Å². The molecular weight excluding hydrogens is 554 g/mol. The second-order valence-electron chi connectivity index (χ2n) is 9.90. The molecule has 0 atom stereocenters. The highest BCUT2D eigenvalue weighted by Gasteiger charge is 2.45. The van der Waals surface area contributed by atoms with E-state index in [1.54, 1.807) is 24.3 Å². The number of amides is 2. The molecule has 2 aliphatic heterocycles. The fourth-order valence-electron chi connectivity index (χ4n) is 5.01. The number of hydrogen-bond donors (Lipinski definition) is 0. The Morgan fingerprint density at radius 2 is 1.62 bits per heavy atom. The first-order chi connectivity index (χ1) is 20.2. The molecule has 0 radical (unpaired) electrons. The maximum atomic E-state index is 13.9. The first-order valence-corrected chi connectivity index (χ1v) is 15.3. The summed E-state index contributed by atoms with van der Waals surface area (Å²) in [6, 6.07) is 15.7. The molecule has 2 amide bonds. The molecule has 0 unspecified atom stereocenters. The van der Waals surface area contributed by atoms with E-state index in [0.717, 1.165) is 50.7 Å². The van der Waals surface area contributed by atoms with Crippen LogP contribution >= 0.6 is 0 Å². The summed E-state index contributed by atoms with van der Waals surface area (Å²) in [6.07, 6.45) is 6.66. The lowest BCUT2D eigenvalue weighted by Crippen LogP contribution is -2.42. The summed E-state index contributed by atoms with van der Waals surface area (Å²) in [4.78, 5) is 38.2. The van der Waals surface area contributed by atoms with Gasteiger partial charge in [-0.15, -0.1) is 5.06 Å². The van der Waals surface area contributed by atoms with Crippen LogP contribution in [-0.4, -0.2) is 38.4 Å². The van der Waals surface area contributed by atoms with Crippen molar-refractivity contribution in [3.8, 4) is 6.07 Å². The van der Waals surface area contributed by atoms with Gasteiger partial charge in [0.25, 0.3) is 11.8 Å². The molecule has 2 aromatic rings. The van der Waals surface area contributed by atoms with Crippen LogP contribution in [0.15, 0.2) is 87.9 Å². The summed E-state index contributed by atoms with van der Waals surface area (Å²) in [5.41, 5.74) is 1.52. The van der Waals surface area contributed by atoms with Crippen LogP contribution in [0.3, 0.4) is 0 Å². The van der Waals surface area contributed by atoms with Crippen molar-refractivity contribution in [1.29, 1.82) is 5.26 Å². The van der Waals surface area contributed by atoms with Crippen molar-refractivity contribution >= 4 is 39.0 Å². The van der Waals surface area contributed by atoms with Crippen LogP contribution in [0.4, 0.5) is 5.69 Å². The van der Waals surface area contributed by atoms with E-state index < -0.39 is 21.7 Å². The largest absolute Gasteiger partial charge is 0.372 e. The van der Waals surface area contributed by atoms with Crippen LogP contribution in [0.5, 0.6) is 0 Å². The zero-order chi connectivity index (χ0) is 30.4. The van der Waals surface area contributed by atoms with E-state index in [9.17, 15) is 23.3 Å². The summed E-state index contributed by atoms with van der Waals surface area (Å²) < 4.78 is 27.8. The number of unbranched alkanes of at least 4 members (excludes halogenated alkanes) is 2. The number of carbonyl (C=O) groups excluding carboxylic acids is 2. The number of nitrogens with zero attached hydrogens (tertiary/aromatic N) is 3. The van der Waals surface area contributed by atoms with E-state index in [-0.39, 0.29) is 42.7 Å². The van der Waals surface area contributed by atoms with Gasteiger partial charge in [-0.25, -0.2) is 8.42 Å². The molecule has 4 rings (SSSR count). The Morgan fingerprint density at radius 3 is 2.21 bits per heavy atom. The Morgan fingerprint density at radius 1 is 0.976 bits per heavy atom. The first-order valence-electron chi connectivity index (χ1n) is 13.8. The van der Waals surface area contributed by atoms with Crippen LogP contribution in [0.2, 0.25) is 0 Å². The molecule has 2 aliphatic rings. The number of allylic oxidation sites excluding steroid dienone is 1. The average Bonchev–Trinajstić information content (AvgIpc) is 3.20. The summed E-state index contributed by atoms with van der Waals surface area (Å²) in [5.74, 6) is -2.00. The van der Waals surface area contributed by atoms with Gasteiger partial charge in [0, 0.05) is 29.9 Å². The summed E-state index contributed by atoms with van der Waals surface area (Å²) >= 11 is 0. The lowest BCUT2D eigenvalue weighted by molar-refractivity contribution is -0.363. The van der Waals surface area contributed by atoms with Gasteiger partial charge in [-0.1, -0.05) is 63.6 Å². The highest BCUT2D eigenvalue weighted by Crippen LogP contribution is 2.48. The van der Waals surface area contributed by atoms with Crippen molar-refractivity contribution in [2.75, 3.05) is 18.0 Å². The predicted octanol–water partition coefficient (Wildman–Crippen LogP) is 5.89. The molecule has 0 saturated heterocycles. The van der Waals surface area contributed by atoms with Crippen molar-refractivity contribution in [2.45, 2.75) is 51.3 Å². The summed E-state index contributed by atoms with van der Waals surface area (Å²) in [7, 11) is -4.07. The number of nitriles is 1. The Kier molecular flexibility index (Phi) is 9.45. The Labute approximate surface area is 246 Å². The molecule has 0 N–H and O–H groups in total. The van der Waals surface area contributed by atoms with E-state index in [1.165, 1.54) is 19.1 Å². The predicted molar refractivity (Wildman–Crippen MR) is 160 cm³/mol. The highest BCUT2D eigenvalue weighted by molar-refractivity contribution is 7.96. The second kappa shape index (κ2) is 13.0. The normalized spacial score (nSPS) is 18.7. The van der Waals surface area contributed by atoms with Crippen molar-refractivity contribution < 1.29 is 27.9 Å². The molecule has 2 aromatic carbocycles. The number of anilines is 1. The second-order valence-corrected chi connectivity index (χ2v) is 11.8. The van der Waals surface area contributed by atoms with Gasteiger partial charge in [-0.3, -0.25) is 9.59 Å². The summed E-state index contributed by atoms with van der Waals surface area (Å²) in [6.45, 7) is 10.9. The molecular formula is C32H33N3O6S. The van der Waals surface area contributed by atoms with E-state index in [2.05, 4.69) is 30.2 Å². The third-order valence-electron chi connectivity index (χ3n) is 7.20. The summed E-state index contributed by atoms with van der Waals surface area (Å²) in [5, 5.41) is 10.0. The quantitative estimate of drug-likeness (QED) is 0.105. The molecule has 42 heavy (non-hydrogen) atoms. The number of rotatable bonds is 11. The minimum Gasteiger partial charge on any atom is -0.372 e. The number of sulfone groups is 1. The minimum absolute atomic E-state index is 0.0199. The van der Waals surface area contributed by atoms with Gasteiger partial charge in [0.05, 0.1) is 15.4 Å². The Balaban J connectivity index is 1.91. The number of hydroxylamine groups is 2. The van der Waals surface area contributed by atoms with Crippen molar-refractivity contribution in [3.63, 3.8) is 0 Å². The fourth-order valence-corrected chi connectivity index (χ4v) is 6.74. The Hall–Kier alpha value is -4.46. The Bertz CT molecular complexity index is 1640. The lowest BCUT2D eigenvalue weighted by Gasteiger charge is -2.25. The number of benzene rings is 2. The maximum absolute atomic E-state index is 13.9. The zero-order valence-corrected chi connectivity index (χ0v) is 24.7. The van der Waals surface area contributed by atoms with Crippen LogP contribution in [0.25, 0.3) is 11.6 Å². The van der Waals surface area contributed by atoms with Crippen LogP contribution in [0, 0.1) is 11.3 Å². The van der Waals surface area contributed by atoms with Gasteiger partial charge >= 0.3 is 0 Å². The molecule has 0 bridgehead atoms. The van der Waals surface area contributed by atoms with Gasteiger partial charge in [0.2, 0.25) is 9.84 Å². The van der Waals surface area contributed by atoms with E-state index in [0.29, 0.717) is 5.56 Å². The van der Waals surface area contributed by atoms with Crippen LogP contribution < -0.4 is 4.90 Å². The van der Waals surface area contributed by atoms with Gasteiger partial charge < -0.3 is 9.79 Å². The molecule has 2 heterocycles. The zero-order valence-electron chi connectivity index (χ0n) is 23.9. The number of fused-ring (bicyclic) bond motifs is 1. The average molecular weight is 588 g/mol. The molecule has 0 fully saturated rings. The van der Waals surface area contributed by atoms with Crippen molar-refractivity contribution in [1.82, 2.24) is 5.06 Å². The smallest absolute Gasteiger partial charge is 0.299 e. The third-order valence-corrected chi connectivity index (χ3v) is 9.03. The van der Waals surface area contributed by atoms with E-state index in [1.807, 2.05) is 24.3 Å². The number of hydrogen-bond acceptors (Lipinski definition) is 8. The minimum atomic E-state index is -4.07. The molecule has 9 nitrogen and oxygen atoms in total. The molecule has 218 valence electrons. The number of carbonyl (C=O) groups is 2. The van der Waals surface area contributed by atoms with Crippen LogP contribution in [-0.2, 0) is 29.3 Å². The molecule has 0 aromatic heterocycles. The molecule has 10 heteroatoms. The fraction of sp³-hybridized carbons (Fsp3) is 0.281. The molecule has 0 aliphatic carbocycles. The van der Waals surface area contributed by atoms with E-state index >= 15 is 0 Å². The topological polar surface area (TPSA) is 117 Å². The van der Waals surface area contributed by atoms with Crippen LogP contribution in [0.1, 0.15) is 57.6 Å². The monoisotopic (exact) mass is 587 g/mol. The standard InChI is InChI=1S/C32H33N3O6S/c1-5-8-18-34(19-9-6-2)24-16-14-23(15-17-24)20-28-30(25-12-10-11-13-27(25)42(28,38)39)29-22(4)26(21-33)31(36)35(32(29)37)41-40-7-3/h7,10-17,20H,3,5-6,8-9,18-19H2,1-2,4H3/b28-20-,30-29+. The van der Waals surface area contributed by atoms with Gasteiger partial charge in [-0.05, 0) is 60.2 Å². The third kappa shape index (κ3) is 5.66. The molecule has 0 saturated carbocycles. The van der Waals surface area contributed by atoms with Gasteiger partial charge in [0.1, 0.15) is 17.9 Å². The first kappa shape index (κ1) is 30.5. The SMILES string of the molecule is C=COON1C(=O)C(C#N)=C(C)/C(=C2\C(=C\c3ccc(N(CCCC)CCCC)cc3)S(=O)(=O)c3ccccc32)C1=O.